The quantitative estimate of drug-likeness (QED) is 0.521. The van der Waals surface area contributed by atoms with Gasteiger partial charge in [0, 0.05) is 19.4 Å². The second-order valence-corrected chi connectivity index (χ2v) is 8.60. The van der Waals surface area contributed by atoms with Crippen molar-refractivity contribution < 1.29 is 19.4 Å². The minimum absolute atomic E-state index is 0.347. The first kappa shape index (κ1) is 19.9. The summed E-state index contributed by atoms with van der Waals surface area (Å²) in [5.74, 6) is -0.151. The number of hydrogen-bond acceptors (Lipinski definition) is 6. The van der Waals surface area contributed by atoms with Gasteiger partial charge in [0.25, 0.3) is 0 Å². The molecule has 0 spiro atoms. The highest BCUT2D eigenvalue weighted by Crippen LogP contribution is 2.44. The third-order valence-corrected chi connectivity index (χ3v) is 6.85. The Labute approximate surface area is 178 Å². The molecule has 7 heteroatoms. The third kappa shape index (κ3) is 4.47. The SMILES string of the molecule is CCOC(Cc1ccc(OCCN2c3sccc3Cc3ccsc32)cc1)C(=O)O. The van der Waals surface area contributed by atoms with E-state index < -0.39 is 12.1 Å². The van der Waals surface area contributed by atoms with Crippen molar-refractivity contribution >= 4 is 38.6 Å². The van der Waals surface area contributed by atoms with E-state index in [2.05, 4.69) is 27.8 Å². The Hall–Kier alpha value is -2.35. The summed E-state index contributed by atoms with van der Waals surface area (Å²) in [5.41, 5.74) is 3.68. The number of anilines is 2. The molecule has 1 atom stereocenters. The summed E-state index contributed by atoms with van der Waals surface area (Å²) in [6.45, 7) is 3.54. The summed E-state index contributed by atoms with van der Waals surface area (Å²) in [7, 11) is 0. The summed E-state index contributed by atoms with van der Waals surface area (Å²) in [4.78, 5) is 13.6. The maximum absolute atomic E-state index is 11.2. The molecular formula is C22H23NO4S2. The van der Waals surface area contributed by atoms with Crippen LogP contribution in [0.5, 0.6) is 5.75 Å². The number of thiophene rings is 2. The third-order valence-electron chi connectivity index (χ3n) is 4.89. The van der Waals surface area contributed by atoms with Crippen LogP contribution in [-0.4, -0.2) is 36.9 Å². The zero-order valence-electron chi connectivity index (χ0n) is 16.2. The van der Waals surface area contributed by atoms with E-state index in [1.165, 1.54) is 21.1 Å². The van der Waals surface area contributed by atoms with Gasteiger partial charge in [0.05, 0.1) is 16.5 Å². The standard InChI is InChI=1S/C22H23NO4S2/c1-2-26-19(22(24)25)13-15-3-5-18(6-4-15)27-10-9-23-20-16(7-11-28-20)14-17-8-12-29-21(17)23/h3-8,11-12,19H,2,9-10,13-14H2,1H3,(H,24,25). The van der Waals surface area contributed by atoms with Crippen LogP contribution in [0, 0.1) is 0 Å². The lowest BCUT2D eigenvalue weighted by atomic mass is 10.1. The second kappa shape index (κ2) is 8.98. The zero-order valence-corrected chi connectivity index (χ0v) is 17.8. The average molecular weight is 430 g/mol. The van der Waals surface area contributed by atoms with Gasteiger partial charge in [-0.3, -0.25) is 0 Å². The Morgan fingerprint density at radius 1 is 1.10 bits per heavy atom. The first-order valence-electron chi connectivity index (χ1n) is 9.62. The molecule has 5 nitrogen and oxygen atoms in total. The predicted molar refractivity (Wildman–Crippen MR) is 117 cm³/mol. The Morgan fingerprint density at radius 3 is 2.34 bits per heavy atom. The average Bonchev–Trinajstić information content (AvgIpc) is 3.37. The van der Waals surface area contributed by atoms with Crippen LogP contribution in [0.4, 0.5) is 10.0 Å². The van der Waals surface area contributed by atoms with Crippen molar-refractivity contribution in [1.82, 2.24) is 0 Å². The van der Waals surface area contributed by atoms with Gasteiger partial charge >= 0.3 is 5.97 Å². The first-order valence-corrected chi connectivity index (χ1v) is 11.4. The van der Waals surface area contributed by atoms with Gasteiger partial charge in [-0.15, -0.1) is 22.7 Å². The van der Waals surface area contributed by atoms with E-state index >= 15 is 0 Å². The number of carbonyl (C=O) groups is 1. The highest BCUT2D eigenvalue weighted by Gasteiger charge is 2.24. The van der Waals surface area contributed by atoms with E-state index in [-0.39, 0.29) is 0 Å². The number of carboxylic acids is 1. The van der Waals surface area contributed by atoms with Crippen LogP contribution < -0.4 is 9.64 Å². The van der Waals surface area contributed by atoms with Gasteiger partial charge in [-0.05, 0) is 58.6 Å². The molecule has 0 saturated heterocycles. The van der Waals surface area contributed by atoms with Crippen molar-refractivity contribution in [1.29, 1.82) is 0 Å². The van der Waals surface area contributed by atoms with Crippen molar-refractivity contribution in [2.45, 2.75) is 25.9 Å². The van der Waals surface area contributed by atoms with E-state index in [0.29, 0.717) is 19.6 Å². The monoisotopic (exact) mass is 429 g/mol. The van der Waals surface area contributed by atoms with E-state index in [9.17, 15) is 9.90 Å². The van der Waals surface area contributed by atoms with Crippen LogP contribution in [-0.2, 0) is 22.4 Å². The molecule has 152 valence electrons. The highest BCUT2D eigenvalue weighted by atomic mass is 32.1. The van der Waals surface area contributed by atoms with E-state index in [4.69, 9.17) is 9.47 Å². The van der Waals surface area contributed by atoms with Gasteiger partial charge in [-0.2, -0.15) is 0 Å². The minimum Gasteiger partial charge on any atom is -0.492 e. The molecule has 2 aromatic heterocycles. The van der Waals surface area contributed by atoms with Crippen molar-refractivity contribution in [3.05, 3.63) is 63.8 Å². The molecule has 29 heavy (non-hydrogen) atoms. The van der Waals surface area contributed by atoms with Crippen molar-refractivity contribution in [3.8, 4) is 5.75 Å². The molecule has 3 aromatic rings. The lowest BCUT2D eigenvalue weighted by molar-refractivity contribution is -0.149. The Kier molecular flexibility index (Phi) is 6.18. The number of fused-ring (bicyclic) bond motifs is 2. The lowest BCUT2D eigenvalue weighted by Crippen LogP contribution is -2.26. The molecule has 0 amide bonds. The maximum Gasteiger partial charge on any atom is 0.333 e. The largest absolute Gasteiger partial charge is 0.492 e. The Bertz CT molecular complexity index is 923. The van der Waals surface area contributed by atoms with Crippen LogP contribution >= 0.6 is 22.7 Å². The number of benzene rings is 1. The summed E-state index contributed by atoms with van der Waals surface area (Å²) >= 11 is 3.56. The van der Waals surface area contributed by atoms with E-state index in [0.717, 1.165) is 24.3 Å². The summed E-state index contributed by atoms with van der Waals surface area (Å²) in [6.07, 6.45) is 0.542. The van der Waals surface area contributed by atoms with Crippen molar-refractivity contribution in [3.63, 3.8) is 0 Å². The minimum atomic E-state index is -0.936. The highest BCUT2D eigenvalue weighted by molar-refractivity contribution is 7.17. The van der Waals surface area contributed by atoms with E-state index in [1.54, 1.807) is 29.6 Å². The van der Waals surface area contributed by atoms with Crippen LogP contribution in [0.1, 0.15) is 23.6 Å². The molecular weight excluding hydrogens is 406 g/mol. The fourth-order valence-corrected chi connectivity index (χ4v) is 5.49. The number of hydrogen-bond donors (Lipinski definition) is 1. The van der Waals surface area contributed by atoms with Gasteiger partial charge in [-0.1, -0.05) is 12.1 Å². The zero-order chi connectivity index (χ0) is 20.2. The molecule has 4 rings (SSSR count). The maximum atomic E-state index is 11.2. The molecule has 3 heterocycles. The van der Waals surface area contributed by atoms with Crippen LogP contribution in [0.25, 0.3) is 0 Å². The number of rotatable bonds is 9. The molecule has 0 saturated carbocycles. The van der Waals surface area contributed by atoms with Gasteiger partial charge in [-0.25, -0.2) is 4.79 Å². The number of aliphatic carboxylic acids is 1. The molecule has 0 aliphatic carbocycles. The second-order valence-electron chi connectivity index (χ2n) is 6.81. The van der Waals surface area contributed by atoms with Crippen molar-refractivity contribution in [2.24, 2.45) is 0 Å². The summed E-state index contributed by atoms with van der Waals surface area (Å²) in [6, 6.07) is 12.0. The lowest BCUT2D eigenvalue weighted by Gasteiger charge is -2.28. The Balaban J connectivity index is 1.35. The molecule has 1 aliphatic rings. The van der Waals surface area contributed by atoms with Gasteiger partial charge in [0.2, 0.25) is 0 Å². The van der Waals surface area contributed by atoms with Gasteiger partial charge < -0.3 is 19.5 Å². The summed E-state index contributed by atoms with van der Waals surface area (Å²) in [5, 5.41) is 16.2. The Morgan fingerprint density at radius 2 is 1.76 bits per heavy atom. The molecule has 1 aromatic carbocycles. The predicted octanol–water partition coefficient (Wildman–Crippen LogP) is 4.96. The van der Waals surface area contributed by atoms with Crippen LogP contribution in [0.2, 0.25) is 0 Å². The molecule has 1 N–H and O–H groups in total. The molecule has 1 aliphatic heterocycles. The van der Waals surface area contributed by atoms with Gasteiger partial charge in [0.15, 0.2) is 6.10 Å². The van der Waals surface area contributed by atoms with E-state index in [1.807, 2.05) is 24.3 Å². The molecule has 0 bridgehead atoms. The number of ether oxygens (including phenoxy) is 2. The topological polar surface area (TPSA) is 59.0 Å². The smallest absolute Gasteiger partial charge is 0.333 e. The first-order chi connectivity index (χ1) is 14.2. The molecule has 0 fully saturated rings. The van der Waals surface area contributed by atoms with Gasteiger partial charge in [0.1, 0.15) is 12.4 Å². The van der Waals surface area contributed by atoms with Crippen LogP contribution in [0.3, 0.4) is 0 Å². The number of carboxylic acid groups (broad SMARTS) is 1. The fourth-order valence-electron chi connectivity index (χ4n) is 3.51. The summed E-state index contributed by atoms with van der Waals surface area (Å²) < 4.78 is 11.2. The van der Waals surface area contributed by atoms with Crippen LogP contribution in [0.15, 0.2) is 47.2 Å². The van der Waals surface area contributed by atoms with Crippen molar-refractivity contribution in [2.75, 3.05) is 24.7 Å². The fraction of sp³-hybridized carbons (Fsp3) is 0.318. The normalized spacial score (nSPS) is 13.6. The molecule has 1 unspecified atom stereocenters. The number of nitrogens with zero attached hydrogens (tertiary/aromatic N) is 1. The molecule has 0 radical (unpaired) electrons.